The van der Waals surface area contributed by atoms with Crippen LogP contribution in [-0.2, 0) is 12.8 Å². The highest BCUT2D eigenvalue weighted by Gasteiger charge is 2.19. The number of rotatable bonds is 8. The first kappa shape index (κ1) is 19.0. The maximum absolute atomic E-state index is 10.7. The molecular weight excluding hydrogens is 316 g/mol. The summed E-state index contributed by atoms with van der Waals surface area (Å²) in [5.41, 5.74) is 3.79. The lowest BCUT2D eigenvalue weighted by atomic mass is 9.95. The Morgan fingerprint density at radius 1 is 0.720 bits per heavy atom. The van der Waals surface area contributed by atoms with Crippen molar-refractivity contribution in [3.8, 4) is 34.1 Å². The highest BCUT2D eigenvalue weighted by atomic mass is 16.5. The molecule has 0 spiro atoms. The van der Waals surface area contributed by atoms with Gasteiger partial charge in [-0.25, -0.2) is 0 Å². The molecule has 2 rings (SSSR count). The largest absolute Gasteiger partial charge is 0.504 e. The summed E-state index contributed by atoms with van der Waals surface area (Å²) < 4.78 is 16.5. The van der Waals surface area contributed by atoms with Crippen molar-refractivity contribution < 1.29 is 19.3 Å². The first-order chi connectivity index (χ1) is 12.1. The summed E-state index contributed by atoms with van der Waals surface area (Å²) in [5, 5.41) is 10.7. The van der Waals surface area contributed by atoms with Crippen molar-refractivity contribution >= 4 is 0 Å². The molecule has 0 fully saturated rings. The number of ether oxygens (including phenoxy) is 3. The van der Waals surface area contributed by atoms with Crippen LogP contribution in [0.3, 0.4) is 0 Å². The number of methoxy groups -OCH3 is 3. The van der Waals surface area contributed by atoms with Crippen molar-refractivity contribution in [2.75, 3.05) is 21.3 Å². The molecule has 0 radical (unpaired) electrons. The topological polar surface area (TPSA) is 47.9 Å². The van der Waals surface area contributed by atoms with Crippen LogP contribution in [0.4, 0.5) is 0 Å². The Bertz CT molecular complexity index is 722. The lowest BCUT2D eigenvalue weighted by Crippen LogP contribution is -1.98. The van der Waals surface area contributed by atoms with E-state index < -0.39 is 0 Å². The summed E-state index contributed by atoms with van der Waals surface area (Å²) in [7, 11) is 4.82. The molecule has 2 aromatic carbocycles. The predicted molar refractivity (Wildman–Crippen MR) is 101 cm³/mol. The minimum absolute atomic E-state index is 0.122. The molecule has 1 N–H and O–H groups in total. The van der Waals surface area contributed by atoms with E-state index in [9.17, 15) is 5.11 Å². The first-order valence-electron chi connectivity index (χ1n) is 8.74. The van der Waals surface area contributed by atoms with Crippen LogP contribution in [0.1, 0.15) is 37.8 Å². The highest BCUT2D eigenvalue weighted by molar-refractivity contribution is 5.81. The maximum Gasteiger partial charge on any atom is 0.168 e. The lowest BCUT2D eigenvalue weighted by Gasteiger charge is -2.18. The van der Waals surface area contributed by atoms with Gasteiger partial charge in [0.25, 0.3) is 0 Å². The molecule has 0 saturated heterocycles. The number of phenols is 1. The van der Waals surface area contributed by atoms with Crippen LogP contribution in [0.5, 0.6) is 23.0 Å². The Morgan fingerprint density at radius 3 is 1.72 bits per heavy atom. The molecule has 0 atom stereocenters. The molecule has 0 saturated carbocycles. The van der Waals surface area contributed by atoms with Crippen LogP contribution in [0.25, 0.3) is 11.1 Å². The maximum atomic E-state index is 10.7. The van der Waals surface area contributed by atoms with E-state index in [-0.39, 0.29) is 5.75 Å². The zero-order chi connectivity index (χ0) is 18.4. The molecule has 0 unspecified atom stereocenters. The van der Waals surface area contributed by atoms with E-state index in [0.29, 0.717) is 22.8 Å². The molecule has 0 heterocycles. The summed E-state index contributed by atoms with van der Waals surface area (Å²) in [5.74, 6) is 1.88. The molecule has 4 nitrogen and oxygen atoms in total. The van der Waals surface area contributed by atoms with Crippen molar-refractivity contribution in [1.29, 1.82) is 0 Å². The molecule has 0 bridgehead atoms. The molecule has 4 heteroatoms. The second-order valence-corrected chi connectivity index (χ2v) is 6.07. The molecule has 0 aromatic heterocycles. The number of hydrogen-bond donors (Lipinski definition) is 1. The van der Waals surface area contributed by atoms with Crippen LogP contribution in [-0.4, -0.2) is 26.4 Å². The van der Waals surface area contributed by atoms with Gasteiger partial charge in [0.1, 0.15) is 0 Å². The second-order valence-electron chi connectivity index (χ2n) is 6.07. The zero-order valence-corrected chi connectivity index (χ0v) is 15.8. The normalized spacial score (nSPS) is 10.6. The molecule has 2 aromatic rings. The smallest absolute Gasteiger partial charge is 0.168 e. The van der Waals surface area contributed by atoms with Crippen LogP contribution in [0, 0.1) is 0 Å². The monoisotopic (exact) mass is 344 g/mol. The van der Waals surface area contributed by atoms with E-state index in [0.717, 1.165) is 42.4 Å². The third-order valence-electron chi connectivity index (χ3n) is 4.26. The SMILES string of the molecule is CCCc1cc(OC)c(O)c(-c2cc(CCC)cc(OC)c2OC)c1. The van der Waals surface area contributed by atoms with Gasteiger partial charge in [-0.1, -0.05) is 26.7 Å². The molecule has 0 aliphatic rings. The Morgan fingerprint density at radius 2 is 1.24 bits per heavy atom. The van der Waals surface area contributed by atoms with Crippen molar-refractivity contribution in [3.05, 3.63) is 35.4 Å². The van der Waals surface area contributed by atoms with Crippen molar-refractivity contribution in [3.63, 3.8) is 0 Å². The van der Waals surface area contributed by atoms with E-state index in [1.54, 1.807) is 21.3 Å². The van der Waals surface area contributed by atoms with Gasteiger partial charge in [-0.2, -0.15) is 0 Å². The third-order valence-corrected chi connectivity index (χ3v) is 4.26. The first-order valence-corrected chi connectivity index (χ1v) is 8.74. The average molecular weight is 344 g/mol. The standard InChI is InChI=1S/C21H28O4/c1-6-8-14-10-16(20(22)18(12-14)23-3)17-11-15(9-7-2)13-19(24-4)21(17)25-5/h10-13,22H,6-9H2,1-5H3. The zero-order valence-electron chi connectivity index (χ0n) is 15.8. The Kier molecular flexibility index (Phi) is 6.57. The molecule has 136 valence electrons. The summed E-state index contributed by atoms with van der Waals surface area (Å²) in [6.45, 7) is 4.27. The minimum Gasteiger partial charge on any atom is -0.504 e. The molecule has 0 amide bonds. The third kappa shape index (κ3) is 4.01. The Hall–Kier alpha value is -2.36. The predicted octanol–water partition coefficient (Wildman–Crippen LogP) is 4.99. The van der Waals surface area contributed by atoms with Crippen LogP contribution < -0.4 is 14.2 Å². The van der Waals surface area contributed by atoms with Gasteiger partial charge in [0.15, 0.2) is 23.0 Å². The number of benzene rings is 2. The average Bonchev–Trinajstić information content (AvgIpc) is 2.62. The molecule has 0 aliphatic carbocycles. The van der Waals surface area contributed by atoms with Gasteiger partial charge in [-0.3, -0.25) is 0 Å². The van der Waals surface area contributed by atoms with E-state index in [4.69, 9.17) is 14.2 Å². The highest BCUT2D eigenvalue weighted by Crippen LogP contribution is 2.46. The van der Waals surface area contributed by atoms with Gasteiger partial charge in [0, 0.05) is 11.1 Å². The lowest BCUT2D eigenvalue weighted by molar-refractivity contribution is 0.355. The minimum atomic E-state index is 0.122. The van der Waals surface area contributed by atoms with Gasteiger partial charge in [0.2, 0.25) is 0 Å². The van der Waals surface area contributed by atoms with Crippen LogP contribution >= 0.6 is 0 Å². The second kappa shape index (κ2) is 8.65. The molecule has 0 aliphatic heterocycles. The number of hydrogen-bond acceptors (Lipinski definition) is 4. The van der Waals surface area contributed by atoms with Gasteiger partial charge < -0.3 is 19.3 Å². The fraction of sp³-hybridized carbons (Fsp3) is 0.429. The molecule has 25 heavy (non-hydrogen) atoms. The fourth-order valence-electron chi connectivity index (χ4n) is 3.11. The van der Waals surface area contributed by atoms with Crippen molar-refractivity contribution in [2.45, 2.75) is 39.5 Å². The fourth-order valence-corrected chi connectivity index (χ4v) is 3.11. The van der Waals surface area contributed by atoms with Crippen LogP contribution in [0.15, 0.2) is 24.3 Å². The summed E-state index contributed by atoms with van der Waals surface area (Å²) in [6, 6.07) is 7.96. The van der Waals surface area contributed by atoms with E-state index >= 15 is 0 Å². The Labute approximate surface area is 150 Å². The number of aryl methyl sites for hydroxylation is 2. The number of phenolic OH excluding ortho intramolecular Hbond substituents is 1. The van der Waals surface area contributed by atoms with Crippen molar-refractivity contribution in [1.82, 2.24) is 0 Å². The summed E-state index contributed by atoms with van der Waals surface area (Å²) in [6.07, 6.45) is 3.89. The van der Waals surface area contributed by atoms with Gasteiger partial charge >= 0.3 is 0 Å². The summed E-state index contributed by atoms with van der Waals surface area (Å²) >= 11 is 0. The van der Waals surface area contributed by atoms with E-state index in [1.807, 2.05) is 18.2 Å². The Balaban J connectivity index is 2.74. The van der Waals surface area contributed by atoms with E-state index in [2.05, 4.69) is 19.9 Å². The molecular formula is C21H28O4. The van der Waals surface area contributed by atoms with Gasteiger partial charge in [-0.05, 0) is 48.2 Å². The van der Waals surface area contributed by atoms with Gasteiger partial charge in [0.05, 0.1) is 21.3 Å². The van der Waals surface area contributed by atoms with Crippen LogP contribution in [0.2, 0.25) is 0 Å². The number of aromatic hydroxyl groups is 1. The summed E-state index contributed by atoms with van der Waals surface area (Å²) in [4.78, 5) is 0. The van der Waals surface area contributed by atoms with E-state index in [1.165, 1.54) is 0 Å². The van der Waals surface area contributed by atoms with Crippen molar-refractivity contribution in [2.24, 2.45) is 0 Å². The quantitative estimate of drug-likeness (QED) is 0.733. The van der Waals surface area contributed by atoms with Gasteiger partial charge in [-0.15, -0.1) is 0 Å².